The number of aryl methyl sites for hydroxylation is 1. The van der Waals surface area contributed by atoms with E-state index in [-0.39, 0.29) is 17.5 Å². The average Bonchev–Trinajstić information content (AvgIpc) is 3.40. The van der Waals surface area contributed by atoms with E-state index >= 15 is 0 Å². The molecule has 5 rings (SSSR count). The predicted molar refractivity (Wildman–Crippen MR) is 119 cm³/mol. The highest BCUT2D eigenvalue weighted by atomic mass is 32.1. The zero-order chi connectivity index (χ0) is 20.5. The number of thiazole rings is 1. The fourth-order valence-corrected chi connectivity index (χ4v) is 5.27. The number of H-pyrrole nitrogens is 1. The molecular formula is C23H22N4O2S. The van der Waals surface area contributed by atoms with Gasteiger partial charge in [0.05, 0.1) is 27.2 Å². The lowest BCUT2D eigenvalue weighted by Gasteiger charge is -2.23. The number of carbonyl (C=O) groups is 1. The summed E-state index contributed by atoms with van der Waals surface area (Å²) in [5.74, 6) is 0.788. The van der Waals surface area contributed by atoms with E-state index < -0.39 is 0 Å². The van der Waals surface area contributed by atoms with E-state index in [1.54, 1.807) is 17.4 Å². The number of amides is 1. The van der Waals surface area contributed by atoms with E-state index in [0.717, 1.165) is 34.6 Å². The van der Waals surface area contributed by atoms with Crippen LogP contribution in [0.15, 0.2) is 53.3 Å². The van der Waals surface area contributed by atoms with Crippen LogP contribution in [-0.2, 0) is 11.2 Å². The van der Waals surface area contributed by atoms with Crippen LogP contribution in [0.5, 0.6) is 0 Å². The van der Waals surface area contributed by atoms with Crippen molar-refractivity contribution in [2.24, 2.45) is 0 Å². The van der Waals surface area contributed by atoms with Crippen LogP contribution < -0.4 is 5.56 Å². The van der Waals surface area contributed by atoms with Crippen molar-refractivity contribution in [3.05, 3.63) is 69.7 Å². The molecule has 0 aliphatic carbocycles. The molecule has 0 radical (unpaired) electrons. The molecule has 1 amide bonds. The third kappa shape index (κ3) is 3.61. The summed E-state index contributed by atoms with van der Waals surface area (Å²) in [6.45, 7) is 0.782. The maximum atomic E-state index is 12.9. The normalized spacial score (nSPS) is 16.5. The molecule has 1 unspecified atom stereocenters. The molecular weight excluding hydrogens is 396 g/mol. The Morgan fingerprint density at radius 1 is 1.10 bits per heavy atom. The van der Waals surface area contributed by atoms with E-state index in [1.807, 2.05) is 41.3 Å². The van der Waals surface area contributed by atoms with Gasteiger partial charge in [0.2, 0.25) is 5.91 Å². The topological polar surface area (TPSA) is 79.0 Å². The molecule has 1 saturated heterocycles. The van der Waals surface area contributed by atoms with E-state index in [1.165, 1.54) is 0 Å². The molecule has 3 heterocycles. The lowest BCUT2D eigenvalue weighted by Crippen LogP contribution is -2.30. The van der Waals surface area contributed by atoms with Gasteiger partial charge in [-0.15, -0.1) is 11.3 Å². The Bertz CT molecular complexity index is 1250. The molecule has 1 N–H and O–H groups in total. The second-order valence-corrected chi connectivity index (χ2v) is 8.71. The molecule has 1 atom stereocenters. The minimum atomic E-state index is -0.127. The van der Waals surface area contributed by atoms with E-state index in [4.69, 9.17) is 4.98 Å². The predicted octanol–water partition coefficient (Wildman–Crippen LogP) is 4.22. The van der Waals surface area contributed by atoms with Gasteiger partial charge in [0.15, 0.2) is 0 Å². The number of likely N-dealkylation sites (tertiary alicyclic amines) is 1. The number of hydrogen-bond acceptors (Lipinski definition) is 5. The second-order valence-electron chi connectivity index (χ2n) is 7.65. The molecule has 2 aromatic heterocycles. The fourth-order valence-electron chi connectivity index (χ4n) is 4.16. The molecule has 30 heavy (non-hydrogen) atoms. The van der Waals surface area contributed by atoms with Gasteiger partial charge in [-0.2, -0.15) is 0 Å². The summed E-state index contributed by atoms with van der Waals surface area (Å²) >= 11 is 1.68. The summed E-state index contributed by atoms with van der Waals surface area (Å²) < 4.78 is 1.16. The summed E-state index contributed by atoms with van der Waals surface area (Å²) in [5.41, 5.74) is 1.57. The number of benzene rings is 2. The molecule has 1 fully saturated rings. The van der Waals surface area contributed by atoms with Gasteiger partial charge in [0, 0.05) is 19.4 Å². The van der Waals surface area contributed by atoms with Gasteiger partial charge < -0.3 is 9.88 Å². The summed E-state index contributed by atoms with van der Waals surface area (Å²) in [5, 5.41) is 1.62. The summed E-state index contributed by atoms with van der Waals surface area (Å²) in [6.07, 6.45) is 3.64. The number of nitrogens with zero attached hydrogens (tertiary/aromatic N) is 3. The van der Waals surface area contributed by atoms with Gasteiger partial charge in [-0.05, 0) is 43.5 Å². The van der Waals surface area contributed by atoms with E-state index in [9.17, 15) is 9.59 Å². The van der Waals surface area contributed by atoms with Crippen molar-refractivity contribution in [1.29, 1.82) is 0 Å². The Morgan fingerprint density at radius 3 is 2.77 bits per heavy atom. The summed E-state index contributed by atoms with van der Waals surface area (Å²) in [4.78, 5) is 39.2. The number of para-hydroxylation sites is 2. The van der Waals surface area contributed by atoms with Crippen LogP contribution in [0.1, 0.15) is 42.6 Å². The Morgan fingerprint density at radius 2 is 1.90 bits per heavy atom. The first-order valence-electron chi connectivity index (χ1n) is 10.3. The number of nitrogens with one attached hydrogen (secondary N) is 1. The largest absolute Gasteiger partial charge is 0.333 e. The molecule has 0 bridgehead atoms. The van der Waals surface area contributed by atoms with Crippen LogP contribution in [-0.4, -0.2) is 32.3 Å². The van der Waals surface area contributed by atoms with Gasteiger partial charge in [0.1, 0.15) is 10.8 Å². The monoisotopic (exact) mass is 418 g/mol. The quantitative estimate of drug-likeness (QED) is 0.526. The van der Waals surface area contributed by atoms with Crippen molar-refractivity contribution >= 4 is 38.4 Å². The maximum Gasteiger partial charge on any atom is 0.258 e. The molecule has 0 spiro atoms. The Balaban J connectivity index is 1.25. The van der Waals surface area contributed by atoms with Crippen molar-refractivity contribution in [3.63, 3.8) is 0 Å². The third-order valence-electron chi connectivity index (χ3n) is 5.63. The van der Waals surface area contributed by atoms with Crippen molar-refractivity contribution in [1.82, 2.24) is 19.9 Å². The lowest BCUT2D eigenvalue weighted by atomic mass is 10.1. The molecule has 1 aliphatic rings. The van der Waals surface area contributed by atoms with E-state index in [0.29, 0.717) is 36.0 Å². The number of aromatic nitrogens is 3. The third-order valence-corrected chi connectivity index (χ3v) is 6.77. The molecule has 0 saturated carbocycles. The van der Waals surface area contributed by atoms with Gasteiger partial charge in [-0.3, -0.25) is 9.59 Å². The SMILES string of the molecule is O=C(CCCc1nc2ccccc2c(=O)[nH]1)N1CCCC1c1nc2ccccc2s1. The number of aromatic amines is 1. The van der Waals surface area contributed by atoms with Crippen LogP contribution in [0.25, 0.3) is 21.1 Å². The first-order valence-corrected chi connectivity index (χ1v) is 11.1. The number of carbonyl (C=O) groups excluding carboxylic acids is 1. The highest BCUT2D eigenvalue weighted by Gasteiger charge is 2.31. The fraction of sp³-hybridized carbons (Fsp3) is 0.304. The van der Waals surface area contributed by atoms with Crippen molar-refractivity contribution < 1.29 is 4.79 Å². The molecule has 1 aliphatic heterocycles. The van der Waals surface area contributed by atoms with Gasteiger partial charge in [-0.1, -0.05) is 24.3 Å². The smallest absolute Gasteiger partial charge is 0.258 e. The molecule has 6 nitrogen and oxygen atoms in total. The minimum absolute atomic E-state index is 0.0773. The highest BCUT2D eigenvalue weighted by Crippen LogP contribution is 2.36. The summed E-state index contributed by atoms with van der Waals surface area (Å²) in [6, 6.07) is 15.5. The van der Waals surface area contributed by atoms with Crippen LogP contribution >= 0.6 is 11.3 Å². The Hall–Kier alpha value is -3.06. The van der Waals surface area contributed by atoms with Crippen LogP contribution in [0, 0.1) is 0 Å². The van der Waals surface area contributed by atoms with Crippen molar-refractivity contribution in [2.45, 2.75) is 38.1 Å². The second kappa shape index (κ2) is 7.99. The van der Waals surface area contributed by atoms with E-state index in [2.05, 4.69) is 16.0 Å². The minimum Gasteiger partial charge on any atom is -0.333 e. The molecule has 7 heteroatoms. The first kappa shape index (κ1) is 18.9. The summed E-state index contributed by atoms with van der Waals surface area (Å²) in [7, 11) is 0. The lowest BCUT2D eigenvalue weighted by molar-refractivity contribution is -0.132. The number of fused-ring (bicyclic) bond motifs is 2. The Kier molecular flexibility index (Phi) is 5.04. The van der Waals surface area contributed by atoms with Crippen LogP contribution in [0.2, 0.25) is 0 Å². The number of hydrogen-bond donors (Lipinski definition) is 1. The number of rotatable bonds is 5. The molecule has 152 valence electrons. The Labute approximate surface area is 177 Å². The average molecular weight is 419 g/mol. The van der Waals surface area contributed by atoms with Gasteiger partial charge in [-0.25, -0.2) is 9.97 Å². The first-order chi connectivity index (χ1) is 14.7. The zero-order valence-corrected chi connectivity index (χ0v) is 17.3. The van der Waals surface area contributed by atoms with Crippen molar-refractivity contribution in [2.75, 3.05) is 6.54 Å². The molecule has 2 aromatic carbocycles. The maximum absolute atomic E-state index is 12.9. The standard InChI is InChI=1S/C23H22N4O2S/c28-21(13-5-12-20-24-16-8-2-1-7-15(16)22(29)26-20)27-14-6-10-18(27)23-25-17-9-3-4-11-19(17)30-23/h1-4,7-9,11,18H,5-6,10,12-14H2,(H,24,26,29). The van der Waals surface area contributed by atoms with Crippen LogP contribution in [0.4, 0.5) is 0 Å². The van der Waals surface area contributed by atoms with Gasteiger partial charge >= 0.3 is 0 Å². The van der Waals surface area contributed by atoms with Gasteiger partial charge in [0.25, 0.3) is 5.56 Å². The zero-order valence-electron chi connectivity index (χ0n) is 16.5. The highest BCUT2D eigenvalue weighted by molar-refractivity contribution is 7.18. The molecule has 4 aromatic rings. The van der Waals surface area contributed by atoms with Crippen molar-refractivity contribution in [3.8, 4) is 0 Å². The van der Waals surface area contributed by atoms with Crippen LogP contribution in [0.3, 0.4) is 0 Å².